The number of hydrogen-bond acceptors (Lipinski definition) is 2. The van der Waals surface area contributed by atoms with Crippen LogP contribution in [0.4, 0.5) is 10.1 Å². The quantitative estimate of drug-likeness (QED) is 0.855. The first-order chi connectivity index (χ1) is 10.1. The maximum atomic E-state index is 13.7. The lowest BCUT2D eigenvalue weighted by Crippen LogP contribution is -2.03. The maximum Gasteiger partial charge on any atom is 0.256 e. The van der Waals surface area contributed by atoms with Crippen molar-refractivity contribution in [2.75, 3.05) is 12.4 Å². The second-order valence-corrected chi connectivity index (χ2v) is 4.96. The van der Waals surface area contributed by atoms with Crippen LogP contribution in [0.2, 0.25) is 0 Å². The van der Waals surface area contributed by atoms with Crippen LogP contribution < -0.4 is 10.1 Å². The number of hydrogen-bond donors (Lipinski definition) is 1. The van der Waals surface area contributed by atoms with Crippen LogP contribution in [-0.4, -0.2) is 13.0 Å². The molecule has 0 saturated heterocycles. The Bertz CT molecular complexity index is 765. The Hall–Kier alpha value is -2.62. The molecular formula is C17H14FNO2. The summed E-state index contributed by atoms with van der Waals surface area (Å²) < 4.78 is 18.6. The van der Waals surface area contributed by atoms with E-state index in [1.54, 1.807) is 18.2 Å². The number of rotatable bonds is 2. The van der Waals surface area contributed by atoms with Gasteiger partial charge in [0.05, 0.1) is 7.11 Å². The molecule has 1 amide bonds. The highest BCUT2D eigenvalue weighted by Gasteiger charge is 2.23. The van der Waals surface area contributed by atoms with Gasteiger partial charge >= 0.3 is 0 Å². The molecule has 4 heteroatoms. The van der Waals surface area contributed by atoms with Crippen LogP contribution in [0.1, 0.15) is 16.7 Å². The smallest absolute Gasteiger partial charge is 0.256 e. The molecule has 0 fully saturated rings. The van der Waals surface area contributed by atoms with E-state index in [0.717, 1.165) is 16.8 Å². The number of nitrogens with one attached hydrogen (secondary N) is 1. The van der Waals surface area contributed by atoms with E-state index in [-0.39, 0.29) is 11.7 Å². The zero-order valence-corrected chi connectivity index (χ0v) is 11.7. The summed E-state index contributed by atoms with van der Waals surface area (Å²) in [6.45, 7) is 1.97. The molecule has 21 heavy (non-hydrogen) atoms. The van der Waals surface area contributed by atoms with Crippen molar-refractivity contribution in [3.05, 3.63) is 58.9 Å². The fourth-order valence-electron chi connectivity index (χ4n) is 2.38. The highest BCUT2D eigenvalue weighted by atomic mass is 19.1. The van der Waals surface area contributed by atoms with Crippen LogP contribution in [0.25, 0.3) is 11.6 Å². The molecule has 2 aromatic carbocycles. The summed E-state index contributed by atoms with van der Waals surface area (Å²) in [7, 11) is 1.42. The minimum atomic E-state index is -0.449. The van der Waals surface area contributed by atoms with Crippen molar-refractivity contribution in [2.45, 2.75) is 6.92 Å². The average Bonchev–Trinajstić information content (AvgIpc) is 2.75. The number of halogens is 1. The second kappa shape index (κ2) is 5.05. The zero-order valence-electron chi connectivity index (χ0n) is 11.7. The monoisotopic (exact) mass is 283 g/mol. The van der Waals surface area contributed by atoms with Crippen molar-refractivity contribution < 1.29 is 13.9 Å². The van der Waals surface area contributed by atoms with Crippen LogP contribution >= 0.6 is 0 Å². The summed E-state index contributed by atoms with van der Waals surface area (Å²) in [5.41, 5.74) is 3.85. The van der Waals surface area contributed by atoms with Crippen molar-refractivity contribution >= 4 is 23.2 Å². The Balaban J connectivity index is 2.06. The Kier molecular flexibility index (Phi) is 3.22. The van der Waals surface area contributed by atoms with Gasteiger partial charge in [0.2, 0.25) is 0 Å². The van der Waals surface area contributed by atoms with Gasteiger partial charge in [0.15, 0.2) is 11.6 Å². The number of fused-ring (bicyclic) bond motifs is 1. The summed E-state index contributed by atoms with van der Waals surface area (Å²) in [6, 6.07) is 10.4. The predicted octanol–water partition coefficient (Wildman–Crippen LogP) is 3.64. The van der Waals surface area contributed by atoms with Gasteiger partial charge in [-0.2, -0.15) is 0 Å². The van der Waals surface area contributed by atoms with Gasteiger partial charge in [0, 0.05) is 16.8 Å². The Morgan fingerprint density at radius 2 is 2.00 bits per heavy atom. The second-order valence-electron chi connectivity index (χ2n) is 4.96. The van der Waals surface area contributed by atoms with E-state index < -0.39 is 5.82 Å². The van der Waals surface area contributed by atoms with Crippen molar-refractivity contribution in [2.24, 2.45) is 0 Å². The Morgan fingerprint density at radius 3 is 2.71 bits per heavy atom. The summed E-state index contributed by atoms with van der Waals surface area (Å²) in [4.78, 5) is 12.1. The predicted molar refractivity (Wildman–Crippen MR) is 80.6 cm³/mol. The van der Waals surface area contributed by atoms with Crippen LogP contribution in [-0.2, 0) is 4.79 Å². The van der Waals surface area contributed by atoms with E-state index >= 15 is 0 Å². The molecule has 1 aliphatic rings. The Labute approximate surface area is 122 Å². The summed E-state index contributed by atoms with van der Waals surface area (Å²) >= 11 is 0. The average molecular weight is 283 g/mol. The largest absolute Gasteiger partial charge is 0.494 e. The first-order valence-electron chi connectivity index (χ1n) is 6.56. The third-order valence-corrected chi connectivity index (χ3v) is 3.44. The molecule has 0 unspecified atom stereocenters. The third kappa shape index (κ3) is 2.40. The van der Waals surface area contributed by atoms with E-state index in [1.165, 1.54) is 13.2 Å². The lowest BCUT2D eigenvalue weighted by Gasteiger charge is -2.03. The standard InChI is InChI=1S/C17H14FNO2/c1-10-3-5-15-12(7-10)13(17(20)19-15)8-11-4-6-16(21-2)14(18)9-11/h3-9H,1-2H3,(H,19,20)/b13-8+. The number of carbonyl (C=O) groups excluding carboxylic acids is 1. The molecule has 2 aromatic rings. The maximum absolute atomic E-state index is 13.7. The van der Waals surface area contributed by atoms with Gasteiger partial charge in [-0.15, -0.1) is 0 Å². The van der Waals surface area contributed by atoms with Crippen molar-refractivity contribution in [1.82, 2.24) is 0 Å². The first kappa shape index (κ1) is 13.4. The molecule has 106 valence electrons. The van der Waals surface area contributed by atoms with E-state index in [9.17, 15) is 9.18 Å². The molecule has 3 rings (SSSR count). The topological polar surface area (TPSA) is 38.3 Å². The SMILES string of the molecule is COc1ccc(/C=C2/C(=O)Nc3ccc(C)cc32)cc1F. The molecule has 0 spiro atoms. The molecular weight excluding hydrogens is 269 g/mol. The lowest BCUT2D eigenvalue weighted by atomic mass is 10.0. The highest BCUT2D eigenvalue weighted by Crippen LogP contribution is 2.34. The fourth-order valence-corrected chi connectivity index (χ4v) is 2.38. The van der Waals surface area contributed by atoms with Gasteiger partial charge in [0.25, 0.3) is 5.91 Å². The fraction of sp³-hybridized carbons (Fsp3) is 0.118. The van der Waals surface area contributed by atoms with Crippen LogP contribution in [0.5, 0.6) is 5.75 Å². The molecule has 0 atom stereocenters. The number of amides is 1. The van der Waals surface area contributed by atoms with Gasteiger partial charge in [-0.05, 0) is 42.8 Å². The Morgan fingerprint density at radius 1 is 1.19 bits per heavy atom. The number of aryl methyl sites for hydroxylation is 1. The molecule has 0 radical (unpaired) electrons. The molecule has 0 aliphatic carbocycles. The number of carbonyl (C=O) groups is 1. The number of ether oxygens (including phenoxy) is 1. The number of anilines is 1. The van der Waals surface area contributed by atoms with E-state index in [2.05, 4.69) is 5.32 Å². The van der Waals surface area contributed by atoms with Crippen molar-refractivity contribution in [3.8, 4) is 5.75 Å². The third-order valence-electron chi connectivity index (χ3n) is 3.44. The molecule has 0 bridgehead atoms. The van der Waals surface area contributed by atoms with Gasteiger partial charge in [-0.25, -0.2) is 4.39 Å². The molecule has 3 nitrogen and oxygen atoms in total. The van der Waals surface area contributed by atoms with E-state index in [4.69, 9.17) is 4.74 Å². The summed E-state index contributed by atoms with van der Waals surface area (Å²) in [6.07, 6.45) is 1.68. The minimum Gasteiger partial charge on any atom is -0.494 e. The number of benzene rings is 2. The van der Waals surface area contributed by atoms with Gasteiger partial charge in [-0.1, -0.05) is 17.7 Å². The molecule has 1 aliphatic heterocycles. The van der Waals surface area contributed by atoms with Gasteiger partial charge in [0.1, 0.15) is 0 Å². The molecule has 0 saturated carbocycles. The minimum absolute atomic E-state index is 0.174. The van der Waals surface area contributed by atoms with Gasteiger partial charge in [-0.3, -0.25) is 4.79 Å². The summed E-state index contributed by atoms with van der Waals surface area (Å²) in [5, 5.41) is 2.81. The summed E-state index contributed by atoms with van der Waals surface area (Å²) in [5.74, 6) is -0.439. The molecule has 1 N–H and O–H groups in total. The van der Waals surface area contributed by atoms with E-state index in [1.807, 2.05) is 25.1 Å². The molecule has 0 aromatic heterocycles. The number of methoxy groups -OCH3 is 1. The molecule has 1 heterocycles. The van der Waals surface area contributed by atoms with Crippen molar-refractivity contribution in [1.29, 1.82) is 0 Å². The van der Waals surface area contributed by atoms with E-state index in [0.29, 0.717) is 11.1 Å². The van der Waals surface area contributed by atoms with Crippen LogP contribution in [0.15, 0.2) is 36.4 Å². The van der Waals surface area contributed by atoms with Crippen LogP contribution in [0, 0.1) is 12.7 Å². The zero-order chi connectivity index (χ0) is 15.0. The van der Waals surface area contributed by atoms with Crippen molar-refractivity contribution in [3.63, 3.8) is 0 Å². The lowest BCUT2D eigenvalue weighted by molar-refractivity contribution is -0.110. The first-order valence-corrected chi connectivity index (χ1v) is 6.56. The highest BCUT2D eigenvalue weighted by molar-refractivity contribution is 6.34. The van der Waals surface area contributed by atoms with Gasteiger partial charge < -0.3 is 10.1 Å². The van der Waals surface area contributed by atoms with Crippen LogP contribution in [0.3, 0.4) is 0 Å². The normalized spacial score (nSPS) is 15.0.